The summed E-state index contributed by atoms with van der Waals surface area (Å²) in [6, 6.07) is 34.2. The van der Waals surface area contributed by atoms with Crippen LogP contribution in [0.15, 0.2) is 97.1 Å². The molecule has 6 heteroatoms. The zero-order valence-corrected chi connectivity index (χ0v) is 31.7. The third-order valence-corrected chi connectivity index (χ3v) is 11.0. The number of amides is 1. The van der Waals surface area contributed by atoms with Crippen LogP contribution in [-0.4, -0.2) is 19.2 Å². The fraction of sp³-hybridized carbons (Fsp3) is 0.304. The number of benzene rings is 5. The van der Waals surface area contributed by atoms with Crippen molar-refractivity contribution in [2.75, 3.05) is 16.3 Å². The molecule has 3 aliphatic rings. The van der Waals surface area contributed by atoms with Gasteiger partial charge in [-0.15, -0.1) is 0 Å². The van der Waals surface area contributed by atoms with Crippen molar-refractivity contribution in [1.82, 2.24) is 0 Å². The number of ether oxygens (including phenoxy) is 2. The Morgan fingerprint density at radius 1 is 0.558 bits per heavy atom. The lowest BCUT2D eigenvalue weighted by molar-refractivity contribution is -0.118. The summed E-state index contributed by atoms with van der Waals surface area (Å²) in [6.07, 6.45) is 1.24. The molecule has 3 aliphatic heterocycles. The van der Waals surface area contributed by atoms with Gasteiger partial charge in [-0.1, -0.05) is 128 Å². The molecule has 0 aliphatic carbocycles. The molecule has 0 spiro atoms. The summed E-state index contributed by atoms with van der Waals surface area (Å²) in [4.78, 5) is 19.3. The van der Waals surface area contributed by atoms with Crippen molar-refractivity contribution in [2.24, 2.45) is 0 Å². The lowest BCUT2D eigenvalue weighted by Crippen LogP contribution is -2.57. The average Bonchev–Trinajstić information content (AvgIpc) is 3.13. The average molecular weight is 688 g/mol. The van der Waals surface area contributed by atoms with E-state index >= 15 is 0 Å². The summed E-state index contributed by atoms with van der Waals surface area (Å²) in [6.45, 7) is 18.5. The number of anilines is 2. The summed E-state index contributed by atoms with van der Waals surface area (Å²) in [5.41, 5.74) is 11.2. The Balaban J connectivity index is 1.43. The van der Waals surface area contributed by atoms with Gasteiger partial charge in [0.2, 0.25) is 5.91 Å². The van der Waals surface area contributed by atoms with Crippen LogP contribution < -0.4 is 35.7 Å². The van der Waals surface area contributed by atoms with E-state index in [0.29, 0.717) is 13.0 Å². The maximum absolute atomic E-state index is 14.8. The smallest absolute Gasteiger partial charge is 0.260 e. The van der Waals surface area contributed by atoms with Crippen molar-refractivity contribution >= 4 is 40.4 Å². The molecule has 5 aromatic carbocycles. The summed E-state index contributed by atoms with van der Waals surface area (Å²) < 4.78 is 13.6. The molecule has 5 aromatic rings. The molecule has 0 bridgehead atoms. The first-order chi connectivity index (χ1) is 25.0. The minimum absolute atomic E-state index is 0.0254. The van der Waals surface area contributed by atoms with Crippen molar-refractivity contribution in [1.29, 1.82) is 0 Å². The van der Waals surface area contributed by atoms with E-state index in [9.17, 15) is 4.79 Å². The van der Waals surface area contributed by atoms with E-state index in [1.165, 1.54) is 16.8 Å². The number of para-hydroxylation sites is 4. The molecular formula is C46H48BN2O3. The lowest BCUT2D eigenvalue weighted by Gasteiger charge is -2.47. The van der Waals surface area contributed by atoms with Gasteiger partial charge in [-0.05, 0) is 81.1 Å². The Kier molecular flexibility index (Phi) is 8.68. The molecule has 0 N–H and O–H groups in total. The second-order valence-electron chi connectivity index (χ2n) is 15.7. The predicted octanol–water partition coefficient (Wildman–Crippen LogP) is 9.69. The minimum atomic E-state index is -0.0254. The van der Waals surface area contributed by atoms with Crippen LogP contribution >= 0.6 is 0 Å². The van der Waals surface area contributed by atoms with E-state index in [-0.39, 0.29) is 36.3 Å². The van der Waals surface area contributed by atoms with Crippen LogP contribution in [0, 0.1) is 6.17 Å². The van der Waals surface area contributed by atoms with Crippen LogP contribution in [0.5, 0.6) is 23.0 Å². The molecule has 1 radical (unpaired) electrons. The summed E-state index contributed by atoms with van der Waals surface area (Å²) in [5, 5.41) is 0. The summed E-state index contributed by atoms with van der Waals surface area (Å²) in [5.74, 6) is 4.28. The van der Waals surface area contributed by atoms with Gasteiger partial charge in [0.1, 0.15) is 23.0 Å². The molecule has 8 rings (SSSR count). The molecule has 0 unspecified atom stereocenters. The van der Waals surface area contributed by atoms with Gasteiger partial charge in [-0.3, -0.25) is 9.69 Å². The Hall–Kier alpha value is -4.97. The second-order valence-corrected chi connectivity index (χ2v) is 15.7. The van der Waals surface area contributed by atoms with Crippen LogP contribution in [-0.2, 0) is 4.79 Å². The normalized spacial score (nSPS) is 15.2. The largest absolute Gasteiger partial charge is 0.458 e. The van der Waals surface area contributed by atoms with Gasteiger partial charge in [0.05, 0.1) is 5.69 Å². The van der Waals surface area contributed by atoms with Crippen LogP contribution in [0.25, 0.3) is 0 Å². The number of hydrogen-bond acceptors (Lipinski definition) is 4. The molecule has 0 atom stereocenters. The van der Waals surface area contributed by atoms with Gasteiger partial charge in [0, 0.05) is 29.7 Å². The maximum atomic E-state index is 14.8. The zero-order valence-electron chi connectivity index (χ0n) is 31.7. The molecule has 263 valence electrons. The van der Waals surface area contributed by atoms with Crippen LogP contribution in [0.2, 0.25) is 0 Å². The third-order valence-electron chi connectivity index (χ3n) is 11.0. The highest BCUT2D eigenvalue weighted by Crippen LogP contribution is 2.48. The molecule has 0 saturated carbocycles. The first kappa shape index (κ1) is 34.1. The highest BCUT2D eigenvalue weighted by atomic mass is 16.5. The van der Waals surface area contributed by atoms with Crippen LogP contribution in [0.3, 0.4) is 0 Å². The molecule has 1 fully saturated rings. The fourth-order valence-electron chi connectivity index (χ4n) is 8.51. The minimum Gasteiger partial charge on any atom is -0.458 e. The van der Waals surface area contributed by atoms with Crippen LogP contribution in [0.4, 0.5) is 11.4 Å². The maximum Gasteiger partial charge on any atom is 0.260 e. The first-order valence-corrected chi connectivity index (χ1v) is 19.0. The number of fused-ring (bicyclic) bond motifs is 4. The molecular weight excluding hydrogens is 639 g/mol. The van der Waals surface area contributed by atoms with Gasteiger partial charge < -0.3 is 14.4 Å². The first-order valence-electron chi connectivity index (χ1n) is 19.0. The van der Waals surface area contributed by atoms with Crippen molar-refractivity contribution in [2.45, 2.75) is 85.5 Å². The molecule has 1 saturated heterocycles. The monoisotopic (exact) mass is 687 g/mol. The standard InChI is InChI=1S/C46H48BN2O3/c1-27(2)32-15-13-16-33(28(3)4)44(32)48-24-23-42(50)49(45-34(29(5)6)17-14-18-35(45)30(7)8)46(48)31-25-40-43-41(26-31)52-39-22-12-10-20-37(39)47(43)36-19-9-11-21-38(36)51-40/h9-22,25-30H,23-24H2,1-8H3. The van der Waals surface area contributed by atoms with Crippen molar-refractivity contribution in [3.05, 3.63) is 131 Å². The molecule has 3 heterocycles. The van der Waals surface area contributed by atoms with Gasteiger partial charge in [0.25, 0.3) is 6.71 Å². The van der Waals surface area contributed by atoms with Gasteiger partial charge in [-0.25, -0.2) is 0 Å². The Morgan fingerprint density at radius 2 is 1.00 bits per heavy atom. The summed E-state index contributed by atoms with van der Waals surface area (Å²) >= 11 is 0. The number of carbonyl (C=O) groups excluding carboxylic acids is 1. The van der Waals surface area contributed by atoms with E-state index in [0.717, 1.165) is 67.9 Å². The number of hydrogen-bond donors (Lipinski definition) is 0. The third kappa shape index (κ3) is 5.50. The molecule has 5 nitrogen and oxygen atoms in total. The fourth-order valence-corrected chi connectivity index (χ4v) is 8.51. The van der Waals surface area contributed by atoms with Gasteiger partial charge >= 0.3 is 0 Å². The molecule has 0 aromatic heterocycles. The van der Waals surface area contributed by atoms with E-state index in [1.54, 1.807) is 0 Å². The molecule has 52 heavy (non-hydrogen) atoms. The quantitative estimate of drug-likeness (QED) is 0.157. The van der Waals surface area contributed by atoms with Crippen LogP contribution in [0.1, 0.15) is 113 Å². The SMILES string of the molecule is CC(C)c1cccc(C(C)C)c1N1CCC(=O)N(c2c(C(C)C)cccc2C(C)C)[C]1c1cc2c3c(c1)Oc1ccccc1B3c1ccccc1O2. The molecule has 1 amide bonds. The predicted molar refractivity (Wildman–Crippen MR) is 215 cm³/mol. The Labute approximate surface area is 309 Å². The Morgan fingerprint density at radius 3 is 1.46 bits per heavy atom. The number of carbonyl (C=O) groups is 1. The van der Waals surface area contributed by atoms with E-state index < -0.39 is 0 Å². The van der Waals surface area contributed by atoms with E-state index in [2.05, 4.69) is 150 Å². The highest BCUT2D eigenvalue weighted by molar-refractivity contribution is 6.98. The Bertz CT molecular complexity index is 2060. The lowest BCUT2D eigenvalue weighted by atomic mass is 9.35. The van der Waals surface area contributed by atoms with Gasteiger partial charge in [-0.2, -0.15) is 0 Å². The number of nitrogens with zero attached hydrogens (tertiary/aromatic N) is 2. The summed E-state index contributed by atoms with van der Waals surface area (Å²) in [7, 11) is 0. The van der Waals surface area contributed by atoms with E-state index in [1.807, 2.05) is 12.1 Å². The van der Waals surface area contributed by atoms with E-state index in [4.69, 9.17) is 9.47 Å². The highest BCUT2D eigenvalue weighted by Gasteiger charge is 2.45. The zero-order chi connectivity index (χ0) is 36.4. The topological polar surface area (TPSA) is 42.0 Å². The van der Waals surface area contributed by atoms with Gasteiger partial charge in [0.15, 0.2) is 6.17 Å². The van der Waals surface area contributed by atoms with Crippen molar-refractivity contribution < 1.29 is 14.3 Å². The second kappa shape index (κ2) is 13.2. The number of rotatable bonds is 7. The van der Waals surface area contributed by atoms with Crippen molar-refractivity contribution in [3.8, 4) is 23.0 Å². The van der Waals surface area contributed by atoms with Crippen molar-refractivity contribution in [3.63, 3.8) is 0 Å².